The molecule has 0 amide bonds. The molecule has 2 nitrogen and oxygen atoms in total. The SMILES string of the molecule is FC(F)(F)CNCCc1cccc2cccnc12. The number of fused-ring (bicyclic) bond motifs is 1. The number of alkyl halides is 3. The fourth-order valence-corrected chi connectivity index (χ4v) is 1.82. The largest absolute Gasteiger partial charge is 0.401 e. The van der Waals surface area contributed by atoms with Gasteiger partial charge in [0.05, 0.1) is 12.1 Å². The molecule has 96 valence electrons. The molecule has 1 aromatic carbocycles. The van der Waals surface area contributed by atoms with Gasteiger partial charge in [-0.15, -0.1) is 0 Å². The maximum atomic E-state index is 12.0. The highest BCUT2D eigenvalue weighted by molar-refractivity contribution is 5.81. The molecule has 0 fully saturated rings. The monoisotopic (exact) mass is 254 g/mol. The van der Waals surface area contributed by atoms with Crippen LogP contribution in [0.15, 0.2) is 36.5 Å². The molecular weight excluding hydrogens is 241 g/mol. The molecule has 0 atom stereocenters. The fraction of sp³-hybridized carbons (Fsp3) is 0.308. The van der Waals surface area contributed by atoms with E-state index in [-0.39, 0.29) is 6.54 Å². The molecule has 0 bridgehead atoms. The highest BCUT2D eigenvalue weighted by Gasteiger charge is 2.25. The van der Waals surface area contributed by atoms with Crippen molar-refractivity contribution in [1.82, 2.24) is 10.3 Å². The highest BCUT2D eigenvalue weighted by atomic mass is 19.4. The van der Waals surface area contributed by atoms with Crippen LogP contribution in [-0.4, -0.2) is 24.2 Å². The van der Waals surface area contributed by atoms with Crippen LogP contribution in [-0.2, 0) is 6.42 Å². The first-order chi connectivity index (χ1) is 8.56. The van der Waals surface area contributed by atoms with Gasteiger partial charge >= 0.3 is 6.18 Å². The van der Waals surface area contributed by atoms with Crippen LogP contribution >= 0.6 is 0 Å². The molecule has 18 heavy (non-hydrogen) atoms. The number of para-hydroxylation sites is 1. The second-order valence-electron chi connectivity index (χ2n) is 4.03. The van der Waals surface area contributed by atoms with Crippen LogP contribution in [0, 0.1) is 0 Å². The second-order valence-corrected chi connectivity index (χ2v) is 4.03. The Kier molecular flexibility index (Phi) is 3.81. The first-order valence-corrected chi connectivity index (χ1v) is 5.66. The summed E-state index contributed by atoms with van der Waals surface area (Å²) in [7, 11) is 0. The first-order valence-electron chi connectivity index (χ1n) is 5.66. The number of halogens is 3. The molecule has 0 aliphatic rings. The number of pyridine rings is 1. The minimum absolute atomic E-state index is 0.287. The van der Waals surface area contributed by atoms with Crippen LogP contribution in [0.2, 0.25) is 0 Å². The van der Waals surface area contributed by atoms with Gasteiger partial charge in [-0.3, -0.25) is 4.98 Å². The minimum atomic E-state index is -4.16. The molecule has 0 spiro atoms. The van der Waals surface area contributed by atoms with Crippen LogP contribution in [0.5, 0.6) is 0 Å². The van der Waals surface area contributed by atoms with Crippen molar-refractivity contribution in [3.63, 3.8) is 0 Å². The Bertz CT molecular complexity index is 518. The summed E-state index contributed by atoms with van der Waals surface area (Å²) in [6, 6.07) is 9.51. The van der Waals surface area contributed by atoms with Crippen molar-refractivity contribution in [2.75, 3.05) is 13.1 Å². The van der Waals surface area contributed by atoms with Gasteiger partial charge in [-0.25, -0.2) is 0 Å². The van der Waals surface area contributed by atoms with Gasteiger partial charge < -0.3 is 5.32 Å². The van der Waals surface area contributed by atoms with Crippen molar-refractivity contribution in [3.8, 4) is 0 Å². The summed E-state index contributed by atoms with van der Waals surface area (Å²) in [5.41, 5.74) is 1.82. The van der Waals surface area contributed by atoms with Crippen molar-refractivity contribution in [2.24, 2.45) is 0 Å². The predicted octanol–water partition coefficient (Wildman–Crippen LogP) is 2.93. The Morgan fingerprint density at radius 3 is 2.67 bits per heavy atom. The summed E-state index contributed by atoms with van der Waals surface area (Å²) in [5, 5.41) is 3.39. The summed E-state index contributed by atoms with van der Waals surface area (Å²) >= 11 is 0. The molecule has 1 N–H and O–H groups in total. The van der Waals surface area contributed by atoms with Crippen molar-refractivity contribution < 1.29 is 13.2 Å². The van der Waals surface area contributed by atoms with Gasteiger partial charge in [0.15, 0.2) is 0 Å². The van der Waals surface area contributed by atoms with E-state index < -0.39 is 12.7 Å². The molecule has 1 heterocycles. The molecular formula is C13H13F3N2. The molecule has 0 saturated heterocycles. The Morgan fingerprint density at radius 2 is 1.89 bits per heavy atom. The summed E-state index contributed by atoms with van der Waals surface area (Å²) in [4.78, 5) is 4.26. The lowest BCUT2D eigenvalue weighted by molar-refractivity contribution is -0.124. The summed E-state index contributed by atoms with van der Waals surface area (Å²) < 4.78 is 35.9. The molecule has 2 aromatic rings. The minimum Gasteiger partial charge on any atom is -0.308 e. The summed E-state index contributed by atoms with van der Waals surface area (Å²) in [6.07, 6.45) is -1.93. The Morgan fingerprint density at radius 1 is 1.11 bits per heavy atom. The van der Waals surface area contributed by atoms with E-state index in [0.29, 0.717) is 6.42 Å². The molecule has 2 rings (SSSR count). The first kappa shape index (κ1) is 12.8. The average molecular weight is 254 g/mol. The molecule has 0 unspecified atom stereocenters. The average Bonchev–Trinajstić information content (AvgIpc) is 2.33. The molecule has 0 aliphatic heterocycles. The van der Waals surface area contributed by atoms with Crippen molar-refractivity contribution in [2.45, 2.75) is 12.6 Å². The Hall–Kier alpha value is -1.62. The number of benzene rings is 1. The second kappa shape index (κ2) is 5.35. The number of nitrogens with one attached hydrogen (secondary N) is 1. The zero-order valence-corrected chi connectivity index (χ0v) is 9.67. The smallest absolute Gasteiger partial charge is 0.308 e. The summed E-state index contributed by atoms with van der Waals surface area (Å²) in [5.74, 6) is 0. The predicted molar refractivity (Wildman–Crippen MR) is 64.4 cm³/mol. The van der Waals surface area contributed by atoms with E-state index in [9.17, 15) is 13.2 Å². The normalized spacial score (nSPS) is 11.9. The lowest BCUT2D eigenvalue weighted by Gasteiger charge is -2.09. The highest BCUT2D eigenvalue weighted by Crippen LogP contribution is 2.16. The van der Waals surface area contributed by atoms with Gasteiger partial charge in [-0.2, -0.15) is 13.2 Å². The van der Waals surface area contributed by atoms with Crippen LogP contribution in [0.1, 0.15) is 5.56 Å². The molecule has 5 heteroatoms. The van der Waals surface area contributed by atoms with Gasteiger partial charge in [0.25, 0.3) is 0 Å². The zero-order chi connectivity index (χ0) is 13.0. The van der Waals surface area contributed by atoms with Crippen LogP contribution in [0.4, 0.5) is 13.2 Å². The van der Waals surface area contributed by atoms with Crippen LogP contribution in [0.3, 0.4) is 0 Å². The van der Waals surface area contributed by atoms with Gasteiger partial charge in [0, 0.05) is 11.6 Å². The van der Waals surface area contributed by atoms with Gasteiger partial charge in [-0.05, 0) is 24.6 Å². The molecule has 0 radical (unpaired) electrons. The zero-order valence-electron chi connectivity index (χ0n) is 9.67. The molecule has 0 saturated carbocycles. The molecule has 1 aromatic heterocycles. The summed E-state index contributed by atoms with van der Waals surface area (Å²) in [6.45, 7) is -0.666. The van der Waals surface area contributed by atoms with E-state index in [2.05, 4.69) is 10.3 Å². The van der Waals surface area contributed by atoms with Gasteiger partial charge in [0.2, 0.25) is 0 Å². The third kappa shape index (κ3) is 3.43. The number of hydrogen-bond acceptors (Lipinski definition) is 2. The third-order valence-corrected chi connectivity index (χ3v) is 2.61. The van der Waals surface area contributed by atoms with Crippen molar-refractivity contribution >= 4 is 10.9 Å². The van der Waals surface area contributed by atoms with Crippen LogP contribution in [0.25, 0.3) is 10.9 Å². The topological polar surface area (TPSA) is 24.9 Å². The maximum Gasteiger partial charge on any atom is 0.401 e. The van der Waals surface area contributed by atoms with E-state index in [1.807, 2.05) is 30.3 Å². The maximum absolute atomic E-state index is 12.0. The quantitative estimate of drug-likeness (QED) is 0.848. The van der Waals surface area contributed by atoms with Gasteiger partial charge in [0.1, 0.15) is 0 Å². The lowest BCUT2D eigenvalue weighted by atomic mass is 10.1. The standard InChI is InChI=1S/C13H13F3N2/c14-13(15,16)9-17-8-6-11-4-1-3-10-5-2-7-18-12(10)11/h1-5,7,17H,6,8-9H2. The van der Waals surface area contributed by atoms with Gasteiger partial charge in [-0.1, -0.05) is 24.3 Å². The number of rotatable bonds is 4. The number of nitrogens with zero attached hydrogens (tertiary/aromatic N) is 1. The molecule has 0 aliphatic carbocycles. The van der Waals surface area contributed by atoms with Crippen molar-refractivity contribution in [3.05, 3.63) is 42.1 Å². The van der Waals surface area contributed by atoms with E-state index in [0.717, 1.165) is 16.5 Å². The van der Waals surface area contributed by atoms with E-state index in [1.54, 1.807) is 6.20 Å². The van der Waals surface area contributed by atoms with Crippen molar-refractivity contribution in [1.29, 1.82) is 0 Å². The fourth-order valence-electron chi connectivity index (χ4n) is 1.82. The lowest BCUT2D eigenvalue weighted by Crippen LogP contribution is -2.30. The van der Waals surface area contributed by atoms with E-state index in [4.69, 9.17) is 0 Å². The number of aromatic nitrogens is 1. The Balaban J connectivity index is 2.00. The van der Waals surface area contributed by atoms with Crippen LogP contribution < -0.4 is 5.32 Å². The van der Waals surface area contributed by atoms with E-state index >= 15 is 0 Å². The van der Waals surface area contributed by atoms with E-state index in [1.165, 1.54) is 0 Å². The Labute approximate surface area is 103 Å². The number of hydrogen-bond donors (Lipinski definition) is 1. The third-order valence-electron chi connectivity index (χ3n) is 2.61.